The Labute approximate surface area is 115 Å². The van der Waals surface area contributed by atoms with Crippen LogP contribution in [0.2, 0.25) is 0 Å². The molecule has 0 aromatic carbocycles. The summed E-state index contributed by atoms with van der Waals surface area (Å²) >= 11 is 0. The monoisotopic (exact) mass is 270 g/mol. The highest BCUT2D eigenvalue weighted by atomic mass is 16.5. The Morgan fingerprint density at radius 3 is 2.32 bits per heavy atom. The number of rotatable bonds is 10. The smallest absolute Gasteiger partial charge is 0.331 e. The van der Waals surface area contributed by atoms with Crippen LogP contribution in [-0.4, -0.2) is 23.1 Å². The maximum atomic E-state index is 11.5. The lowest BCUT2D eigenvalue weighted by Crippen LogP contribution is -2.18. The first-order valence-electron chi connectivity index (χ1n) is 7.07. The number of unbranched alkanes of at least 4 members (excludes halogenated alkanes) is 2. The number of hydrogen-bond donors (Lipinski definition) is 1. The topological polar surface area (TPSA) is 63.6 Å². The van der Waals surface area contributed by atoms with E-state index in [0.29, 0.717) is 5.92 Å². The van der Waals surface area contributed by atoms with Gasteiger partial charge in [-0.3, -0.25) is 0 Å². The van der Waals surface area contributed by atoms with Crippen LogP contribution in [0.3, 0.4) is 0 Å². The molecule has 0 rings (SSSR count). The maximum absolute atomic E-state index is 11.5. The Morgan fingerprint density at radius 2 is 1.79 bits per heavy atom. The van der Waals surface area contributed by atoms with E-state index in [0.717, 1.165) is 50.7 Å². The van der Waals surface area contributed by atoms with Crippen molar-refractivity contribution >= 4 is 11.9 Å². The number of carbonyl (C=O) groups is 2. The molecule has 0 aromatic rings. The van der Waals surface area contributed by atoms with Crippen LogP contribution in [0.25, 0.3) is 0 Å². The van der Waals surface area contributed by atoms with Crippen LogP contribution in [0.15, 0.2) is 12.2 Å². The first kappa shape index (κ1) is 17.7. The molecule has 0 aromatic heterocycles. The van der Waals surface area contributed by atoms with Gasteiger partial charge in [0, 0.05) is 12.2 Å². The molecule has 0 saturated heterocycles. The predicted molar refractivity (Wildman–Crippen MR) is 74.9 cm³/mol. The van der Waals surface area contributed by atoms with Gasteiger partial charge in [0.1, 0.15) is 6.10 Å². The predicted octanol–water partition coefficient (Wildman–Crippen LogP) is 3.56. The van der Waals surface area contributed by atoms with Crippen LogP contribution < -0.4 is 0 Å². The molecule has 0 amide bonds. The maximum Gasteiger partial charge on any atom is 0.331 e. The highest BCUT2D eigenvalue weighted by Crippen LogP contribution is 2.16. The van der Waals surface area contributed by atoms with E-state index in [9.17, 15) is 9.59 Å². The summed E-state index contributed by atoms with van der Waals surface area (Å²) in [6.07, 6.45) is 7.69. The van der Waals surface area contributed by atoms with Gasteiger partial charge >= 0.3 is 11.9 Å². The lowest BCUT2D eigenvalue weighted by Gasteiger charge is -2.18. The summed E-state index contributed by atoms with van der Waals surface area (Å²) in [5.41, 5.74) is 0. The second-order valence-electron chi connectivity index (χ2n) is 5.20. The SMILES string of the molecule is CCCCCC(CCC(C)C)OC(=O)C=CC(=O)O. The first-order valence-corrected chi connectivity index (χ1v) is 7.07. The minimum absolute atomic E-state index is 0.0973. The molecule has 0 aliphatic heterocycles. The zero-order chi connectivity index (χ0) is 14.7. The number of hydrogen-bond acceptors (Lipinski definition) is 3. The summed E-state index contributed by atoms with van der Waals surface area (Å²) in [5.74, 6) is -1.13. The van der Waals surface area contributed by atoms with Crippen LogP contribution in [-0.2, 0) is 14.3 Å². The molecule has 0 heterocycles. The fourth-order valence-corrected chi connectivity index (χ4v) is 1.75. The van der Waals surface area contributed by atoms with E-state index in [2.05, 4.69) is 20.8 Å². The third-order valence-corrected chi connectivity index (χ3v) is 2.84. The van der Waals surface area contributed by atoms with Gasteiger partial charge in [0.2, 0.25) is 0 Å². The molecule has 0 bridgehead atoms. The molecule has 0 saturated carbocycles. The second-order valence-corrected chi connectivity index (χ2v) is 5.20. The average molecular weight is 270 g/mol. The molecule has 0 aliphatic rings. The van der Waals surface area contributed by atoms with Gasteiger partial charge in [0.15, 0.2) is 0 Å². The molecule has 1 atom stereocenters. The lowest BCUT2D eigenvalue weighted by molar-refractivity contribution is -0.144. The molecule has 4 heteroatoms. The summed E-state index contributed by atoms with van der Waals surface area (Å²) in [5, 5.41) is 8.45. The Hall–Kier alpha value is -1.32. The van der Waals surface area contributed by atoms with Crippen molar-refractivity contribution in [2.45, 2.75) is 65.4 Å². The molecular weight excluding hydrogens is 244 g/mol. The molecule has 0 fully saturated rings. The fraction of sp³-hybridized carbons (Fsp3) is 0.733. The summed E-state index contributed by atoms with van der Waals surface area (Å²) in [6, 6.07) is 0. The van der Waals surface area contributed by atoms with Crippen molar-refractivity contribution in [2.75, 3.05) is 0 Å². The zero-order valence-corrected chi connectivity index (χ0v) is 12.2. The summed E-state index contributed by atoms with van der Waals surface area (Å²) in [6.45, 7) is 6.40. The first-order chi connectivity index (χ1) is 8.95. The normalized spacial score (nSPS) is 12.8. The quantitative estimate of drug-likeness (QED) is 0.374. The van der Waals surface area contributed by atoms with Crippen LogP contribution in [0.5, 0.6) is 0 Å². The highest BCUT2D eigenvalue weighted by molar-refractivity contribution is 5.90. The van der Waals surface area contributed by atoms with E-state index in [4.69, 9.17) is 9.84 Å². The van der Waals surface area contributed by atoms with Gasteiger partial charge in [-0.2, -0.15) is 0 Å². The third kappa shape index (κ3) is 11.5. The molecule has 1 unspecified atom stereocenters. The molecular formula is C15H26O4. The molecule has 0 spiro atoms. The highest BCUT2D eigenvalue weighted by Gasteiger charge is 2.13. The van der Waals surface area contributed by atoms with Crippen molar-refractivity contribution in [1.82, 2.24) is 0 Å². The Kier molecular flexibility index (Phi) is 9.85. The summed E-state index contributed by atoms with van der Waals surface area (Å²) in [7, 11) is 0. The van der Waals surface area contributed by atoms with Crippen molar-refractivity contribution in [3.63, 3.8) is 0 Å². The van der Waals surface area contributed by atoms with Gasteiger partial charge in [-0.15, -0.1) is 0 Å². The molecule has 110 valence electrons. The van der Waals surface area contributed by atoms with E-state index in [1.807, 2.05) is 0 Å². The molecule has 1 N–H and O–H groups in total. The molecule has 0 radical (unpaired) electrons. The fourth-order valence-electron chi connectivity index (χ4n) is 1.75. The van der Waals surface area contributed by atoms with Gasteiger partial charge < -0.3 is 9.84 Å². The number of esters is 1. The molecule has 0 aliphatic carbocycles. The Bertz CT molecular complexity index is 295. The van der Waals surface area contributed by atoms with Gasteiger partial charge in [0.05, 0.1) is 0 Å². The van der Waals surface area contributed by atoms with Gasteiger partial charge in [-0.05, 0) is 31.6 Å². The standard InChI is InChI=1S/C15H26O4/c1-4-5-6-7-13(9-8-12(2)3)19-15(18)11-10-14(16)17/h10-13H,4-9H2,1-3H3,(H,16,17). The number of ether oxygens (including phenoxy) is 1. The van der Waals surface area contributed by atoms with Crippen molar-refractivity contribution in [3.05, 3.63) is 12.2 Å². The second kappa shape index (κ2) is 10.6. The number of carbonyl (C=O) groups excluding carboxylic acids is 1. The Morgan fingerprint density at radius 1 is 1.11 bits per heavy atom. The van der Waals surface area contributed by atoms with Crippen molar-refractivity contribution in [3.8, 4) is 0 Å². The molecule has 19 heavy (non-hydrogen) atoms. The Balaban J connectivity index is 4.22. The largest absolute Gasteiger partial charge is 0.478 e. The van der Waals surface area contributed by atoms with Crippen LogP contribution in [0.1, 0.15) is 59.3 Å². The van der Waals surface area contributed by atoms with E-state index < -0.39 is 11.9 Å². The van der Waals surface area contributed by atoms with E-state index >= 15 is 0 Å². The number of carboxylic acids is 1. The van der Waals surface area contributed by atoms with Crippen molar-refractivity contribution in [2.24, 2.45) is 5.92 Å². The van der Waals surface area contributed by atoms with Crippen LogP contribution in [0.4, 0.5) is 0 Å². The minimum atomic E-state index is -1.14. The number of carboxylic acid groups (broad SMARTS) is 1. The summed E-state index contributed by atoms with van der Waals surface area (Å²) < 4.78 is 5.31. The van der Waals surface area contributed by atoms with E-state index in [1.54, 1.807) is 0 Å². The van der Waals surface area contributed by atoms with Crippen LogP contribution >= 0.6 is 0 Å². The molecule has 4 nitrogen and oxygen atoms in total. The summed E-state index contributed by atoms with van der Waals surface area (Å²) in [4.78, 5) is 21.8. The van der Waals surface area contributed by atoms with Crippen molar-refractivity contribution < 1.29 is 19.4 Å². The zero-order valence-electron chi connectivity index (χ0n) is 12.2. The van der Waals surface area contributed by atoms with Crippen LogP contribution in [0, 0.1) is 5.92 Å². The van der Waals surface area contributed by atoms with Gasteiger partial charge in [-0.25, -0.2) is 9.59 Å². The van der Waals surface area contributed by atoms with Crippen molar-refractivity contribution in [1.29, 1.82) is 0 Å². The van der Waals surface area contributed by atoms with E-state index in [-0.39, 0.29) is 6.10 Å². The lowest BCUT2D eigenvalue weighted by atomic mass is 10.0. The number of aliphatic carboxylic acids is 1. The third-order valence-electron chi connectivity index (χ3n) is 2.84. The minimum Gasteiger partial charge on any atom is -0.478 e. The average Bonchev–Trinajstić information content (AvgIpc) is 2.33. The van der Waals surface area contributed by atoms with Gasteiger partial charge in [0.25, 0.3) is 0 Å². The van der Waals surface area contributed by atoms with E-state index in [1.165, 1.54) is 0 Å². The van der Waals surface area contributed by atoms with Gasteiger partial charge in [-0.1, -0.05) is 33.6 Å².